The Bertz CT molecular complexity index is 1280. The Labute approximate surface area is 179 Å². The normalized spacial score (nSPS) is 12.9. The van der Waals surface area contributed by atoms with Crippen molar-refractivity contribution in [3.63, 3.8) is 0 Å². The number of rotatable bonds is 5. The van der Waals surface area contributed by atoms with Crippen molar-refractivity contribution in [2.24, 2.45) is 5.73 Å². The molecule has 156 valence electrons. The number of hydrogen-bond donors (Lipinski definition) is 3. The highest BCUT2D eigenvalue weighted by molar-refractivity contribution is 6.09. The summed E-state index contributed by atoms with van der Waals surface area (Å²) in [7, 11) is 0. The first-order valence-corrected chi connectivity index (χ1v) is 10.3. The highest BCUT2D eigenvalue weighted by atomic mass is 16.5. The van der Waals surface area contributed by atoms with Gasteiger partial charge in [0.2, 0.25) is 5.88 Å². The summed E-state index contributed by atoms with van der Waals surface area (Å²) >= 11 is 0. The zero-order valence-corrected chi connectivity index (χ0v) is 17.2. The second kappa shape index (κ2) is 7.75. The van der Waals surface area contributed by atoms with E-state index in [1.54, 1.807) is 6.07 Å². The molecule has 4 aromatic rings. The lowest BCUT2D eigenvalue weighted by Gasteiger charge is -2.20. The molecular weight excluding hydrogens is 390 g/mol. The molecule has 0 radical (unpaired) electrons. The lowest BCUT2D eigenvalue weighted by Crippen LogP contribution is -2.15. The van der Waals surface area contributed by atoms with Gasteiger partial charge in [0.05, 0.1) is 23.3 Å². The molecule has 2 aromatic heterocycles. The van der Waals surface area contributed by atoms with Crippen LogP contribution in [0.25, 0.3) is 22.3 Å². The number of amides is 1. The van der Waals surface area contributed by atoms with Crippen LogP contribution >= 0.6 is 0 Å². The molecule has 0 atom stereocenters. The van der Waals surface area contributed by atoms with Gasteiger partial charge < -0.3 is 20.8 Å². The van der Waals surface area contributed by atoms with Gasteiger partial charge in [0.15, 0.2) is 5.82 Å². The second-order valence-corrected chi connectivity index (χ2v) is 7.69. The molecule has 0 saturated heterocycles. The van der Waals surface area contributed by atoms with Crippen LogP contribution in [-0.4, -0.2) is 27.5 Å². The fourth-order valence-electron chi connectivity index (χ4n) is 4.11. The van der Waals surface area contributed by atoms with Gasteiger partial charge in [0, 0.05) is 23.2 Å². The summed E-state index contributed by atoms with van der Waals surface area (Å²) in [5, 5.41) is 4.33. The molecule has 5 rings (SSSR count). The second-order valence-electron chi connectivity index (χ2n) is 7.69. The molecule has 3 heterocycles. The molecule has 1 aliphatic heterocycles. The first-order valence-electron chi connectivity index (χ1n) is 10.3. The van der Waals surface area contributed by atoms with Crippen LogP contribution in [0.1, 0.15) is 33.6 Å². The molecule has 1 amide bonds. The minimum absolute atomic E-state index is 0.448. The molecular formula is C24H23N5O2. The summed E-state index contributed by atoms with van der Waals surface area (Å²) in [6, 6.07) is 15.7. The van der Waals surface area contributed by atoms with E-state index < -0.39 is 5.91 Å². The molecule has 7 nitrogen and oxygen atoms in total. The zero-order chi connectivity index (χ0) is 21.4. The number of benzene rings is 2. The Balaban J connectivity index is 1.62. The molecule has 0 spiro atoms. The minimum Gasteiger partial charge on any atom is -0.477 e. The number of aromatic amines is 1. The van der Waals surface area contributed by atoms with Crippen LogP contribution in [0.5, 0.6) is 5.88 Å². The van der Waals surface area contributed by atoms with Gasteiger partial charge in [-0.05, 0) is 31.4 Å². The van der Waals surface area contributed by atoms with Crippen molar-refractivity contribution in [1.29, 1.82) is 0 Å². The number of carbonyl (C=O) groups excluding carboxylic acids is 1. The van der Waals surface area contributed by atoms with Crippen LogP contribution < -0.4 is 15.8 Å². The van der Waals surface area contributed by atoms with Crippen molar-refractivity contribution in [3.8, 4) is 17.3 Å². The number of nitrogens with zero attached hydrogens (tertiary/aromatic N) is 2. The van der Waals surface area contributed by atoms with E-state index >= 15 is 0 Å². The number of H-pyrrole nitrogens is 1. The summed E-state index contributed by atoms with van der Waals surface area (Å²) in [4.78, 5) is 24.8. The third-order valence-corrected chi connectivity index (χ3v) is 5.59. The standard InChI is InChI=1S/C24H23N5O2/c1-14-19(16-9-5-10-17(21(25)30)20(16)27-14)23-28-22(18-11-6-12-31-24(18)29-23)26-13-15-7-3-2-4-8-15/h2-5,7-10,27H,6,11-13H2,1H3,(H2,25,30)(H,26,28,29). The summed E-state index contributed by atoms with van der Waals surface area (Å²) in [6.45, 7) is 3.24. The van der Waals surface area contributed by atoms with Crippen molar-refractivity contribution < 1.29 is 9.53 Å². The maximum atomic E-state index is 11.9. The van der Waals surface area contributed by atoms with Crippen LogP contribution in [0.4, 0.5) is 5.82 Å². The van der Waals surface area contributed by atoms with Crippen LogP contribution in [-0.2, 0) is 13.0 Å². The van der Waals surface area contributed by atoms with Crippen LogP contribution in [0.2, 0.25) is 0 Å². The smallest absolute Gasteiger partial charge is 0.250 e. The molecule has 1 aliphatic rings. The highest BCUT2D eigenvalue weighted by Gasteiger charge is 2.23. The van der Waals surface area contributed by atoms with Gasteiger partial charge in [-0.15, -0.1) is 0 Å². The summed E-state index contributed by atoms with van der Waals surface area (Å²) in [5.74, 6) is 1.48. The summed E-state index contributed by atoms with van der Waals surface area (Å²) in [5.41, 5.74) is 10.6. The third-order valence-electron chi connectivity index (χ3n) is 5.59. The zero-order valence-electron chi connectivity index (χ0n) is 17.2. The quantitative estimate of drug-likeness (QED) is 0.459. The van der Waals surface area contributed by atoms with E-state index in [4.69, 9.17) is 20.4 Å². The van der Waals surface area contributed by atoms with Crippen molar-refractivity contribution in [1.82, 2.24) is 15.0 Å². The topological polar surface area (TPSA) is 106 Å². The molecule has 2 aromatic carbocycles. The van der Waals surface area contributed by atoms with E-state index in [0.717, 1.165) is 40.9 Å². The lowest BCUT2D eigenvalue weighted by molar-refractivity contribution is 0.100. The van der Waals surface area contributed by atoms with Crippen molar-refractivity contribution in [2.45, 2.75) is 26.3 Å². The number of para-hydroxylation sites is 1. The number of aromatic nitrogens is 3. The minimum atomic E-state index is -0.474. The Morgan fingerprint density at radius 2 is 2.00 bits per heavy atom. The van der Waals surface area contributed by atoms with Crippen LogP contribution in [0.15, 0.2) is 48.5 Å². The van der Waals surface area contributed by atoms with Gasteiger partial charge in [-0.2, -0.15) is 4.98 Å². The predicted molar refractivity (Wildman–Crippen MR) is 120 cm³/mol. The summed E-state index contributed by atoms with van der Waals surface area (Å²) < 4.78 is 5.89. The largest absolute Gasteiger partial charge is 0.477 e. The van der Waals surface area contributed by atoms with Crippen molar-refractivity contribution in [2.75, 3.05) is 11.9 Å². The Hall–Kier alpha value is -3.87. The number of nitrogens with two attached hydrogens (primary N) is 1. The molecule has 0 fully saturated rings. The van der Waals surface area contributed by atoms with Crippen LogP contribution in [0.3, 0.4) is 0 Å². The summed E-state index contributed by atoms with van der Waals surface area (Å²) in [6.07, 6.45) is 1.80. The van der Waals surface area contributed by atoms with E-state index in [2.05, 4.69) is 22.4 Å². The SMILES string of the molecule is Cc1[nH]c2c(C(N)=O)cccc2c1-c1nc(NCc2ccccc2)c2c(n1)OCCC2. The maximum absolute atomic E-state index is 11.9. The molecule has 4 N–H and O–H groups in total. The number of fused-ring (bicyclic) bond motifs is 2. The average molecular weight is 413 g/mol. The van der Waals surface area contributed by atoms with Crippen molar-refractivity contribution in [3.05, 3.63) is 70.9 Å². The highest BCUT2D eigenvalue weighted by Crippen LogP contribution is 2.36. The number of nitrogens with one attached hydrogen (secondary N) is 2. The van der Waals surface area contributed by atoms with Gasteiger partial charge in [-0.25, -0.2) is 4.98 Å². The molecule has 31 heavy (non-hydrogen) atoms. The maximum Gasteiger partial charge on any atom is 0.250 e. The fraction of sp³-hybridized carbons (Fsp3) is 0.208. The number of anilines is 1. The van der Waals surface area contributed by atoms with Crippen molar-refractivity contribution >= 4 is 22.6 Å². The Morgan fingerprint density at radius 3 is 2.81 bits per heavy atom. The molecule has 0 bridgehead atoms. The first-order chi connectivity index (χ1) is 15.1. The number of hydrogen-bond acceptors (Lipinski definition) is 5. The van der Waals surface area contributed by atoms with E-state index in [-0.39, 0.29) is 0 Å². The molecule has 7 heteroatoms. The molecule has 0 saturated carbocycles. The van der Waals surface area contributed by atoms with Gasteiger partial charge >= 0.3 is 0 Å². The fourth-order valence-corrected chi connectivity index (χ4v) is 4.11. The average Bonchev–Trinajstić information content (AvgIpc) is 3.13. The van der Waals surface area contributed by atoms with Crippen LogP contribution in [0, 0.1) is 6.92 Å². The van der Waals surface area contributed by atoms with Gasteiger partial charge in [-0.3, -0.25) is 4.79 Å². The number of carbonyl (C=O) groups is 1. The molecule has 0 aliphatic carbocycles. The van der Waals surface area contributed by atoms with E-state index in [1.165, 1.54) is 5.56 Å². The van der Waals surface area contributed by atoms with E-state index in [0.29, 0.717) is 35.9 Å². The van der Waals surface area contributed by atoms with Gasteiger partial charge in [0.1, 0.15) is 5.82 Å². The predicted octanol–water partition coefficient (Wildman–Crippen LogP) is 3.97. The lowest BCUT2D eigenvalue weighted by atomic mass is 10.1. The number of ether oxygens (including phenoxy) is 1. The first kappa shape index (κ1) is 19.1. The van der Waals surface area contributed by atoms with Gasteiger partial charge in [-0.1, -0.05) is 42.5 Å². The molecule has 0 unspecified atom stereocenters. The Kier molecular flexibility index (Phi) is 4.78. The monoisotopic (exact) mass is 413 g/mol. The third kappa shape index (κ3) is 3.48. The van der Waals surface area contributed by atoms with Gasteiger partial charge in [0.25, 0.3) is 5.91 Å². The van der Waals surface area contributed by atoms with E-state index in [1.807, 2.05) is 37.3 Å². The number of primary amides is 1. The Morgan fingerprint density at radius 1 is 1.16 bits per heavy atom. The van der Waals surface area contributed by atoms with E-state index in [9.17, 15) is 4.79 Å². The number of aryl methyl sites for hydroxylation is 1.